The Morgan fingerprint density at radius 2 is 2.25 bits per heavy atom. The third-order valence-corrected chi connectivity index (χ3v) is 2.37. The van der Waals surface area contributed by atoms with Crippen molar-refractivity contribution in [3.05, 3.63) is 0 Å². The van der Waals surface area contributed by atoms with E-state index in [4.69, 9.17) is 4.74 Å². The summed E-state index contributed by atoms with van der Waals surface area (Å²) >= 11 is 0. The lowest BCUT2D eigenvalue weighted by molar-refractivity contribution is -0.143. The summed E-state index contributed by atoms with van der Waals surface area (Å²) in [4.78, 5) is 11.1. The van der Waals surface area contributed by atoms with E-state index in [9.17, 15) is 9.90 Å². The number of ether oxygens (including phenoxy) is 1. The highest BCUT2D eigenvalue weighted by Crippen LogP contribution is 2.25. The molecule has 0 aromatic rings. The monoisotopic (exact) mass is 172 g/mol. The van der Waals surface area contributed by atoms with E-state index in [1.807, 2.05) is 0 Å². The fraction of sp³-hybridized carbons (Fsp3) is 0.889. The number of hydrogen-bond acceptors (Lipinski definition) is 3. The van der Waals surface area contributed by atoms with Gasteiger partial charge in [0.2, 0.25) is 0 Å². The Hall–Kier alpha value is -0.570. The molecule has 1 rings (SSSR count). The number of hydrogen-bond donors (Lipinski definition) is 1. The maximum atomic E-state index is 11.1. The van der Waals surface area contributed by atoms with Crippen LogP contribution in [0.3, 0.4) is 0 Å². The summed E-state index contributed by atoms with van der Waals surface area (Å²) in [6.07, 6.45) is 1.86. The second kappa shape index (κ2) is 3.90. The van der Waals surface area contributed by atoms with Gasteiger partial charge in [-0.05, 0) is 13.3 Å². The zero-order valence-corrected chi connectivity index (χ0v) is 7.62. The first kappa shape index (κ1) is 9.52. The van der Waals surface area contributed by atoms with E-state index < -0.39 is 6.10 Å². The summed E-state index contributed by atoms with van der Waals surface area (Å²) in [5.41, 5.74) is 0. The Morgan fingerprint density at radius 3 is 2.67 bits per heavy atom. The van der Waals surface area contributed by atoms with Crippen LogP contribution < -0.4 is 0 Å². The number of aliphatic hydroxyl groups is 1. The van der Waals surface area contributed by atoms with Crippen molar-refractivity contribution in [3.8, 4) is 0 Å². The van der Waals surface area contributed by atoms with Gasteiger partial charge in [0.15, 0.2) is 0 Å². The van der Waals surface area contributed by atoms with Crippen LogP contribution in [0.4, 0.5) is 0 Å². The minimum Gasteiger partial charge on any atom is -0.460 e. The van der Waals surface area contributed by atoms with Crippen molar-refractivity contribution < 1.29 is 14.6 Å². The quantitative estimate of drug-likeness (QED) is 0.648. The maximum absolute atomic E-state index is 11.1. The van der Waals surface area contributed by atoms with Crippen molar-refractivity contribution in [3.63, 3.8) is 0 Å². The van der Waals surface area contributed by atoms with E-state index in [1.165, 1.54) is 0 Å². The summed E-state index contributed by atoms with van der Waals surface area (Å²) in [6.45, 7) is 3.80. The molecule has 0 aromatic carbocycles. The smallest absolute Gasteiger partial charge is 0.312 e. The molecule has 3 nitrogen and oxygen atoms in total. The van der Waals surface area contributed by atoms with E-state index in [0.717, 1.165) is 19.3 Å². The number of esters is 1. The Bertz CT molecular complexity index is 167. The van der Waals surface area contributed by atoms with Crippen LogP contribution in [0.1, 0.15) is 33.1 Å². The minimum atomic E-state index is -0.593. The van der Waals surface area contributed by atoms with Crippen LogP contribution in [0.5, 0.6) is 0 Å². The van der Waals surface area contributed by atoms with Gasteiger partial charge in [-0.15, -0.1) is 0 Å². The molecule has 0 aromatic heterocycles. The largest absolute Gasteiger partial charge is 0.460 e. The van der Waals surface area contributed by atoms with E-state index in [1.54, 1.807) is 6.92 Å². The summed E-state index contributed by atoms with van der Waals surface area (Å²) in [5, 5.41) is 9.51. The first-order valence-corrected chi connectivity index (χ1v) is 4.55. The average molecular weight is 172 g/mol. The van der Waals surface area contributed by atoms with Crippen LogP contribution in [0.2, 0.25) is 0 Å². The van der Waals surface area contributed by atoms with Crippen LogP contribution in [0.25, 0.3) is 0 Å². The molecule has 1 fully saturated rings. The van der Waals surface area contributed by atoms with Gasteiger partial charge in [0.1, 0.15) is 12.2 Å². The first-order valence-electron chi connectivity index (χ1n) is 4.55. The molecule has 0 aliphatic carbocycles. The summed E-state index contributed by atoms with van der Waals surface area (Å²) < 4.78 is 4.89. The number of carbonyl (C=O) groups is 1. The molecule has 0 saturated carbocycles. The molecular weight excluding hydrogens is 156 g/mol. The normalized spacial score (nSPS) is 35.2. The Labute approximate surface area is 72.7 Å². The number of cyclic esters (lactones) is 1. The summed E-state index contributed by atoms with van der Waals surface area (Å²) in [5.74, 6) is -0.511. The van der Waals surface area contributed by atoms with Crippen molar-refractivity contribution in [2.45, 2.75) is 45.3 Å². The number of aliphatic hydroxyl groups excluding tert-OH is 1. The molecule has 1 saturated heterocycles. The van der Waals surface area contributed by atoms with Crippen LogP contribution >= 0.6 is 0 Å². The van der Waals surface area contributed by atoms with Gasteiger partial charge in [-0.2, -0.15) is 0 Å². The lowest BCUT2D eigenvalue weighted by atomic mass is 9.96. The van der Waals surface area contributed by atoms with E-state index in [2.05, 4.69) is 6.92 Å². The molecule has 12 heavy (non-hydrogen) atoms. The van der Waals surface area contributed by atoms with E-state index in [0.29, 0.717) is 0 Å². The standard InChI is InChI=1S/C9H16O3/c1-3-4-5-7-8(10)6(2)12-9(7)11/h6-8,10H,3-5H2,1-2H3. The first-order chi connectivity index (χ1) is 5.66. The summed E-state index contributed by atoms with van der Waals surface area (Å²) in [7, 11) is 0. The lowest BCUT2D eigenvalue weighted by Gasteiger charge is -2.10. The lowest BCUT2D eigenvalue weighted by Crippen LogP contribution is -2.24. The Morgan fingerprint density at radius 1 is 1.58 bits per heavy atom. The highest BCUT2D eigenvalue weighted by atomic mass is 16.6. The van der Waals surface area contributed by atoms with Crippen molar-refractivity contribution in [1.82, 2.24) is 0 Å². The highest BCUT2D eigenvalue weighted by Gasteiger charge is 2.40. The van der Waals surface area contributed by atoms with Crippen LogP contribution in [-0.4, -0.2) is 23.3 Å². The SMILES string of the molecule is CCCCC1C(=O)OC(C)C1O. The maximum Gasteiger partial charge on any atom is 0.312 e. The van der Waals surface area contributed by atoms with Gasteiger partial charge >= 0.3 is 5.97 Å². The third kappa shape index (κ3) is 1.78. The average Bonchev–Trinajstić information content (AvgIpc) is 2.25. The molecule has 70 valence electrons. The van der Waals surface area contributed by atoms with Gasteiger partial charge in [-0.25, -0.2) is 0 Å². The Kier molecular flexibility index (Phi) is 3.09. The predicted octanol–water partition coefficient (Wildman–Crippen LogP) is 1.10. The Balaban J connectivity index is 2.46. The molecule has 0 bridgehead atoms. The summed E-state index contributed by atoms with van der Waals surface area (Å²) in [6, 6.07) is 0. The predicted molar refractivity (Wildman–Crippen MR) is 44.6 cm³/mol. The second-order valence-electron chi connectivity index (χ2n) is 3.38. The van der Waals surface area contributed by atoms with Crippen LogP contribution in [0, 0.1) is 5.92 Å². The van der Waals surface area contributed by atoms with Crippen LogP contribution in [0.15, 0.2) is 0 Å². The fourth-order valence-corrected chi connectivity index (χ4v) is 1.52. The van der Waals surface area contributed by atoms with Crippen LogP contribution in [-0.2, 0) is 9.53 Å². The van der Waals surface area contributed by atoms with Crippen molar-refractivity contribution in [2.24, 2.45) is 5.92 Å². The molecule has 1 heterocycles. The van der Waals surface area contributed by atoms with Crippen molar-refractivity contribution >= 4 is 5.97 Å². The fourth-order valence-electron chi connectivity index (χ4n) is 1.52. The van der Waals surface area contributed by atoms with Gasteiger partial charge in [0.25, 0.3) is 0 Å². The van der Waals surface area contributed by atoms with Crippen molar-refractivity contribution in [1.29, 1.82) is 0 Å². The molecule has 3 heteroatoms. The molecule has 0 spiro atoms. The molecule has 3 atom stereocenters. The number of rotatable bonds is 3. The molecule has 1 aliphatic rings. The molecule has 3 unspecified atom stereocenters. The van der Waals surface area contributed by atoms with Gasteiger partial charge in [0.05, 0.1) is 5.92 Å². The third-order valence-electron chi connectivity index (χ3n) is 2.37. The van der Waals surface area contributed by atoms with E-state index in [-0.39, 0.29) is 18.0 Å². The topological polar surface area (TPSA) is 46.5 Å². The molecule has 1 aliphatic heterocycles. The number of carbonyl (C=O) groups excluding carboxylic acids is 1. The van der Waals surface area contributed by atoms with Gasteiger partial charge in [0, 0.05) is 0 Å². The molecular formula is C9H16O3. The van der Waals surface area contributed by atoms with Gasteiger partial charge in [-0.1, -0.05) is 19.8 Å². The van der Waals surface area contributed by atoms with Crippen molar-refractivity contribution in [2.75, 3.05) is 0 Å². The highest BCUT2D eigenvalue weighted by molar-refractivity contribution is 5.75. The molecule has 0 radical (unpaired) electrons. The van der Waals surface area contributed by atoms with Gasteiger partial charge in [-0.3, -0.25) is 4.79 Å². The second-order valence-corrected chi connectivity index (χ2v) is 3.38. The number of unbranched alkanes of at least 4 members (excludes halogenated alkanes) is 1. The minimum absolute atomic E-state index is 0.233. The van der Waals surface area contributed by atoms with Gasteiger partial charge < -0.3 is 9.84 Å². The zero-order chi connectivity index (χ0) is 9.14. The molecule has 1 N–H and O–H groups in total. The van der Waals surface area contributed by atoms with E-state index >= 15 is 0 Å². The molecule has 0 amide bonds. The zero-order valence-electron chi connectivity index (χ0n) is 7.62.